The van der Waals surface area contributed by atoms with Crippen molar-refractivity contribution >= 4 is 28.6 Å². The van der Waals surface area contributed by atoms with Crippen LogP contribution >= 0.6 is 0 Å². The third-order valence-corrected chi connectivity index (χ3v) is 8.02. The van der Waals surface area contributed by atoms with E-state index in [1.807, 2.05) is 60.7 Å². The van der Waals surface area contributed by atoms with Gasteiger partial charge in [0.15, 0.2) is 11.6 Å². The Balaban J connectivity index is 1.22. The van der Waals surface area contributed by atoms with Crippen molar-refractivity contribution in [3.8, 4) is 17.0 Å². The molecular weight excluding hydrogens is 539 g/mol. The summed E-state index contributed by atoms with van der Waals surface area (Å²) in [4.78, 5) is 43.8. The Kier molecular flexibility index (Phi) is 7.30. The lowest BCUT2D eigenvalue weighted by molar-refractivity contribution is -0.145. The van der Waals surface area contributed by atoms with Crippen LogP contribution in [0.15, 0.2) is 78.9 Å². The van der Waals surface area contributed by atoms with Crippen molar-refractivity contribution in [1.82, 2.24) is 20.7 Å². The molecule has 0 unspecified atom stereocenters. The largest absolute Gasteiger partial charge is 0.486 e. The Morgan fingerprint density at radius 1 is 1.10 bits per heavy atom. The molecule has 2 atom stereocenters. The number of hydrogen-bond donors (Lipinski definition) is 3. The van der Waals surface area contributed by atoms with Crippen LogP contribution in [0.1, 0.15) is 17.5 Å². The molecule has 6 rings (SSSR count). The molecule has 0 radical (unpaired) electrons. The number of halogens is 1. The molecule has 1 saturated carbocycles. The molecule has 2 aliphatic rings. The molecule has 2 fully saturated rings. The molecule has 1 saturated heterocycles. The Hall–Kier alpha value is -4.83. The lowest BCUT2D eigenvalue weighted by Gasteiger charge is -2.31. The third-order valence-electron chi connectivity index (χ3n) is 8.02. The predicted octanol–water partition coefficient (Wildman–Crippen LogP) is 3.63. The van der Waals surface area contributed by atoms with Crippen molar-refractivity contribution in [2.75, 3.05) is 19.6 Å². The summed E-state index contributed by atoms with van der Waals surface area (Å²) in [6.45, 7) is 0.635. The second-order valence-corrected chi connectivity index (χ2v) is 10.7. The average Bonchev–Trinajstić information content (AvgIpc) is 3.75. The van der Waals surface area contributed by atoms with Gasteiger partial charge in [0, 0.05) is 29.6 Å². The molecule has 4 aromatic rings. The number of ether oxygens (including phenoxy) is 1. The summed E-state index contributed by atoms with van der Waals surface area (Å²) in [6.07, 6.45) is 0.268. The van der Waals surface area contributed by atoms with E-state index in [1.54, 1.807) is 11.5 Å². The standard InChI is InChI=1S/C32H29FN4O5/c33-25-14-20(16-32(17-24(32)30(39)36-41)31(40)37-13-12-34-29(38)18-37)10-11-28(25)42-19-22-15-27(21-6-2-1-3-7-21)35-26-9-5-4-8-23(22)26/h1-11,14-15,24,41H,12-13,16-19H2,(H,34,38)(H,36,39)/t24-,32+/m1/s1. The molecule has 1 aliphatic heterocycles. The van der Waals surface area contributed by atoms with Crippen molar-refractivity contribution in [3.05, 3.63) is 95.8 Å². The summed E-state index contributed by atoms with van der Waals surface area (Å²) >= 11 is 0. The number of para-hydroxylation sites is 1. The lowest BCUT2D eigenvalue weighted by atomic mass is 9.91. The van der Waals surface area contributed by atoms with E-state index in [0.29, 0.717) is 18.7 Å². The Labute approximate surface area is 241 Å². The number of fused-ring (bicyclic) bond motifs is 1. The number of carbonyl (C=O) groups is 3. The number of piperazine rings is 1. The first-order valence-electron chi connectivity index (χ1n) is 13.7. The summed E-state index contributed by atoms with van der Waals surface area (Å²) in [6, 6.07) is 23.9. The first kappa shape index (κ1) is 27.3. The second-order valence-electron chi connectivity index (χ2n) is 10.7. The summed E-state index contributed by atoms with van der Waals surface area (Å²) < 4.78 is 21.3. The smallest absolute Gasteiger partial charge is 0.247 e. The Morgan fingerprint density at radius 2 is 1.88 bits per heavy atom. The zero-order valence-electron chi connectivity index (χ0n) is 22.7. The molecule has 3 aromatic carbocycles. The van der Waals surface area contributed by atoms with Crippen LogP contribution in [0.4, 0.5) is 4.39 Å². The van der Waals surface area contributed by atoms with Gasteiger partial charge in [0.2, 0.25) is 17.7 Å². The number of aromatic nitrogens is 1. The van der Waals surface area contributed by atoms with Crippen LogP contribution in [0.5, 0.6) is 5.75 Å². The van der Waals surface area contributed by atoms with Crippen LogP contribution in [0.25, 0.3) is 22.2 Å². The van der Waals surface area contributed by atoms with Gasteiger partial charge in [-0.05, 0) is 42.7 Å². The fourth-order valence-electron chi connectivity index (χ4n) is 5.78. The summed E-state index contributed by atoms with van der Waals surface area (Å²) in [7, 11) is 0. The van der Waals surface area contributed by atoms with E-state index in [9.17, 15) is 19.6 Å². The molecule has 2 heterocycles. The van der Waals surface area contributed by atoms with E-state index in [2.05, 4.69) is 5.32 Å². The van der Waals surface area contributed by atoms with E-state index in [-0.39, 0.29) is 43.6 Å². The number of amides is 3. The summed E-state index contributed by atoms with van der Waals surface area (Å²) in [5.41, 5.74) is 4.38. The van der Waals surface area contributed by atoms with E-state index in [4.69, 9.17) is 9.72 Å². The maximum absolute atomic E-state index is 15.3. The van der Waals surface area contributed by atoms with Crippen molar-refractivity contribution in [2.45, 2.75) is 19.4 Å². The van der Waals surface area contributed by atoms with Gasteiger partial charge in [0.05, 0.1) is 29.1 Å². The van der Waals surface area contributed by atoms with Crippen LogP contribution in [0.3, 0.4) is 0 Å². The number of nitrogens with zero attached hydrogens (tertiary/aromatic N) is 2. The highest BCUT2D eigenvalue weighted by Crippen LogP contribution is 2.56. The number of carbonyl (C=O) groups excluding carboxylic acids is 3. The van der Waals surface area contributed by atoms with Gasteiger partial charge in [0.1, 0.15) is 6.61 Å². The van der Waals surface area contributed by atoms with E-state index in [1.165, 1.54) is 17.0 Å². The number of rotatable bonds is 8. The van der Waals surface area contributed by atoms with Crippen LogP contribution in [-0.4, -0.2) is 52.4 Å². The zero-order valence-corrected chi connectivity index (χ0v) is 22.7. The second kappa shape index (κ2) is 11.2. The van der Waals surface area contributed by atoms with Gasteiger partial charge in [-0.15, -0.1) is 0 Å². The van der Waals surface area contributed by atoms with Crippen molar-refractivity contribution in [3.63, 3.8) is 0 Å². The molecule has 3 amide bonds. The van der Waals surface area contributed by atoms with E-state index in [0.717, 1.165) is 27.7 Å². The van der Waals surface area contributed by atoms with Crippen molar-refractivity contribution < 1.29 is 28.7 Å². The van der Waals surface area contributed by atoms with Gasteiger partial charge in [-0.3, -0.25) is 19.6 Å². The highest BCUT2D eigenvalue weighted by molar-refractivity contribution is 5.97. The van der Waals surface area contributed by atoms with Gasteiger partial charge < -0.3 is 15.0 Å². The molecule has 1 aromatic heterocycles. The molecule has 42 heavy (non-hydrogen) atoms. The molecule has 0 bridgehead atoms. The van der Waals surface area contributed by atoms with Gasteiger partial charge in [-0.25, -0.2) is 14.9 Å². The zero-order chi connectivity index (χ0) is 29.3. The quantitative estimate of drug-likeness (QED) is 0.221. The third kappa shape index (κ3) is 5.28. The van der Waals surface area contributed by atoms with Crippen LogP contribution in [0.2, 0.25) is 0 Å². The van der Waals surface area contributed by atoms with Crippen molar-refractivity contribution in [1.29, 1.82) is 0 Å². The molecular formula is C32H29FN4O5. The number of nitrogens with one attached hydrogen (secondary N) is 2. The molecule has 9 nitrogen and oxygen atoms in total. The minimum absolute atomic E-state index is 0.0504. The maximum Gasteiger partial charge on any atom is 0.247 e. The SMILES string of the molecule is O=C1CN(C(=O)[C@@]2(Cc3ccc(OCc4cc(-c5ccccc5)nc5ccccc45)c(F)c3)C[C@@H]2C(=O)NO)CCN1. The average molecular weight is 569 g/mol. The number of pyridine rings is 1. The number of hydrogen-bond acceptors (Lipinski definition) is 6. The molecule has 1 aliphatic carbocycles. The van der Waals surface area contributed by atoms with Crippen LogP contribution < -0.4 is 15.5 Å². The molecule has 10 heteroatoms. The topological polar surface area (TPSA) is 121 Å². The monoisotopic (exact) mass is 568 g/mol. The minimum Gasteiger partial charge on any atom is -0.486 e. The van der Waals surface area contributed by atoms with Crippen molar-refractivity contribution in [2.24, 2.45) is 11.3 Å². The minimum atomic E-state index is -1.16. The van der Waals surface area contributed by atoms with Gasteiger partial charge in [0.25, 0.3) is 0 Å². The molecule has 0 spiro atoms. The van der Waals surface area contributed by atoms with E-state index < -0.39 is 23.1 Å². The highest BCUT2D eigenvalue weighted by Gasteiger charge is 2.64. The van der Waals surface area contributed by atoms with Crippen LogP contribution in [0, 0.1) is 17.2 Å². The maximum atomic E-state index is 15.3. The molecule has 3 N–H and O–H groups in total. The Morgan fingerprint density at radius 3 is 2.64 bits per heavy atom. The highest BCUT2D eigenvalue weighted by atomic mass is 19.1. The van der Waals surface area contributed by atoms with Gasteiger partial charge in [-0.1, -0.05) is 54.6 Å². The lowest BCUT2D eigenvalue weighted by Crippen LogP contribution is -2.53. The predicted molar refractivity (Wildman–Crippen MR) is 152 cm³/mol. The van der Waals surface area contributed by atoms with Crippen LogP contribution in [-0.2, 0) is 27.4 Å². The normalized spacial score (nSPS) is 19.7. The summed E-state index contributed by atoms with van der Waals surface area (Å²) in [5, 5.41) is 12.8. The first-order valence-corrected chi connectivity index (χ1v) is 13.7. The fraction of sp³-hybridized carbons (Fsp3) is 0.250. The molecule has 214 valence electrons. The van der Waals surface area contributed by atoms with Gasteiger partial charge in [-0.2, -0.15) is 0 Å². The first-order chi connectivity index (χ1) is 20.4. The van der Waals surface area contributed by atoms with E-state index >= 15 is 4.39 Å². The Bertz CT molecular complexity index is 1680. The fourth-order valence-corrected chi connectivity index (χ4v) is 5.78. The summed E-state index contributed by atoms with van der Waals surface area (Å²) in [5.74, 6) is -2.64. The number of benzene rings is 3. The number of hydroxylamine groups is 1. The van der Waals surface area contributed by atoms with Gasteiger partial charge >= 0.3 is 0 Å².